The molecule has 0 bridgehead atoms. The third kappa shape index (κ3) is 3.17. The highest BCUT2D eigenvalue weighted by molar-refractivity contribution is 8.16. The van der Waals surface area contributed by atoms with Gasteiger partial charge in [0.2, 0.25) is 5.91 Å². The van der Waals surface area contributed by atoms with Crippen molar-refractivity contribution in [2.75, 3.05) is 16.4 Å². The van der Waals surface area contributed by atoms with Gasteiger partial charge >= 0.3 is 0 Å². The number of benzene rings is 1. The lowest BCUT2D eigenvalue weighted by atomic mass is 10.1. The summed E-state index contributed by atoms with van der Waals surface area (Å²) in [4.78, 5) is 17.9. The molecule has 0 N–H and O–H groups in total. The van der Waals surface area contributed by atoms with Crippen LogP contribution in [-0.4, -0.2) is 42.3 Å². The Morgan fingerprint density at radius 1 is 1.30 bits per heavy atom. The second kappa shape index (κ2) is 5.94. The third-order valence-electron chi connectivity index (χ3n) is 4.36. The van der Waals surface area contributed by atoms with E-state index in [2.05, 4.69) is 4.99 Å². The van der Waals surface area contributed by atoms with Crippen LogP contribution in [0.3, 0.4) is 0 Å². The summed E-state index contributed by atoms with van der Waals surface area (Å²) in [5.74, 6) is 0.101. The number of sulfone groups is 1. The molecule has 3 rings (SSSR count). The summed E-state index contributed by atoms with van der Waals surface area (Å²) >= 11 is 1.42. The van der Waals surface area contributed by atoms with E-state index in [9.17, 15) is 13.2 Å². The summed E-state index contributed by atoms with van der Waals surface area (Å²) in [6.07, 6.45) is 0.346. The second-order valence-electron chi connectivity index (χ2n) is 6.08. The normalized spacial score (nSPS) is 27.4. The molecule has 2 aliphatic heterocycles. The molecule has 1 amide bonds. The van der Waals surface area contributed by atoms with Crippen LogP contribution in [0.5, 0.6) is 0 Å². The minimum atomic E-state index is -3.02. The number of rotatable bonds is 2. The Labute approximate surface area is 141 Å². The maximum Gasteiger partial charge on any atom is 0.247 e. The summed E-state index contributed by atoms with van der Waals surface area (Å²) in [5, 5.41) is 0.579. The lowest BCUT2D eigenvalue weighted by molar-refractivity contribution is -0.117. The first-order chi connectivity index (χ1) is 10.8. The molecule has 0 spiro atoms. The number of anilines is 1. The van der Waals surface area contributed by atoms with Crippen LogP contribution in [0.1, 0.15) is 24.5 Å². The lowest BCUT2D eigenvalue weighted by Crippen LogP contribution is -2.37. The number of carbonyl (C=O) groups is 1. The fourth-order valence-electron chi connectivity index (χ4n) is 2.93. The molecule has 23 heavy (non-hydrogen) atoms. The zero-order valence-corrected chi connectivity index (χ0v) is 15.1. The molecular formula is C16H20N2O3S2. The molecule has 1 aromatic rings. The summed E-state index contributed by atoms with van der Waals surface area (Å²) in [7, 11) is -3.02. The van der Waals surface area contributed by atoms with Crippen molar-refractivity contribution in [3.63, 3.8) is 0 Å². The molecule has 0 saturated carbocycles. The van der Waals surface area contributed by atoms with Crippen LogP contribution in [0.25, 0.3) is 0 Å². The molecule has 7 heteroatoms. The molecule has 0 aromatic heterocycles. The van der Waals surface area contributed by atoms with Crippen LogP contribution < -0.4 is 4.90 Å². The average Bonchev–Trinajstić information content (AvgIpc) is 2.93. The Hall–Kier alpha value is -1.34. The first-order valence-corrected chi connectivity index (χ1v) is 10.4. The SMILES string of the molecule is CCC(=O)N=C1SC2CS(=O)(=O)CC2N1c1ccc(C)c(C)c1. The molecular weight excluding hydrogens is 332 g/mol. The molecule has 2 heterocycles. The number of aryl methyl sites for hydroxylation is 2. The number of amides is 1. The Morgan fingerprint density at radius 2 is 2.04 bits per heavy atom. The van der Waals surface area contributed by atoms with Gasteiger partial charge in [0.25, 0.3) is 0 Å². The molecule has 2 fully saturated rings. The lowest BCUT2D eigenvalue weighted by Gasteiger charge is -2.25. The van der Waals surface area contributed by atoms with Crippen molar-refractivity contribution in [2.24, 2.45) is 4.99 Å². The second-order valence-corrected chi connectivity index (χ2v) is 9.44. The van der Waals surface area contributed by atoms with Crippen molar-refractivity contribution in [3.05, 3.63) is 29.3 Å². The Bertz CT molecular complexity index is 787. The first kappa shape index (κ1) is 16.5. The van der Waals surface area contributed by atoms with E-state index in [1.165, 1.54) is 17.3 Å². The van der Waals surface area contributed by atoms with E-state index in [0.717, 1.165) is 11.3 Å². The van der Waals surface area contributed by atoms with Crippen molar-refractivity contribution in [2.45, 2.75) is 38.5 Å². The van der Waals surface area contributed by atoms with E-state index >= 15 is 0 Å². The smallest absolute Gasteiger partial charge is 0.247 e. The molecule has 2 saturated heterocycles. The van der Waals surface area contributed by atoms with Crippen LogP contribution in [0, 0.1) is 13.8 Å². The highest BCUT2D eigenvalue weighted by atomic mass is 32.2. The Morgan fingerprint density at radius 3 is 2.70 bits per heavy atom. The van der Waals surface area contributed by atoms with Crippen LogP contribution in [0.4, 0.5) is 5.69 Å². The predicted molar refractivity (Wildman–Crippen MR) is 94.9 cm³/mol. The number of thioether (sulfide) groups is 1. The highest BCUT2D eigenvalue weighted by Gasteiger charge is 2.49. The maximum atomic E-state index is 12.0. The molecule has 2 atom stereocenters. The zero-order chi connectivity index (χ0) is 16.8. The monoisotopic (exact) mass is 352 g/mol. The molecule has 5 nitrogen and oxygen atoms in total. The number of fused-ring (bicyclic) bond motifs is 1. The van der Waals surface area contributed by atoms with E-state index in [-0.39, 0.29) is 28.7 Å². The van der Waals surface area contributed by atoms with E-state index < -0.39 is 9.84 Å². The number of aliphatic imine (C=N–C) groups is 1. The fourth-order valence-corrected chi connectivity index (χ4v) is 6.86. The van der Waals surface area contributed by atoms with Gasteiger partial charge in [0.1, 0.15) is 0 Å². The van der Waals surface area contributed by atoms with Crippen LogP contribution >= 0.6 is 11.8 Å². The van der Waals surface area contributed by atoms with Gasteiger partial charge in [-0.25, -0.2) is 8.42 Å². The fraction of sp³-hybridized carbons (Fsp3) is 0.500. The highest BCUT2D eigenvalue weighted by Crippen LogP contribution is 2.41. The number of carbonyl (C=O) groups excluding carboxylic acids is 1. The standard InChI is InChI=1S/C16H20N2O3S2/c1-4-15(19)17-16-18(12-6-5-10(2)11(3)7-12)13-8-23(20,21)9-14(13)22-16/h5-7,13-14H,4,8-9H2,1-3H3. The number of amidine groups is 1. The largest absolute Gasteiger partial charge is 0.316 e. The topological polar surface area (TPSA) is 66.8 Å². The van der Waals surface area contributed by atoms with Gasteiger partial charge in [0.05, 0.1) is 17.5 Å². The van der Waals surface area contributed by atoms with Gasteiger partial charge < -0.3 is 4.90 Å². The number of nitrogens with zero attached hydrogens (tertiary/aromatic N) is 2. The summed E-state index contributed by atoms with van der Waals surface area (Å²) in [6, 6.07) is 5.89. The molecule has 2 aliphatic rings. The maximum absolute atomic E-state index is 12.0. The van der Waals surface area contributed by atoms with Crippen molar-refractivity contribution < 1.29 is 13.2 Å². The molecule has 1 aromatic carbocycles. The minimum Gasteiger partial charge on any atom is -0.316 e. The van der Waals surface area contributed by atoms with E-state index in [4.69, 9.17) is 0 Å². The van der Waals surface area contributed by atoms with Crippen molar-refractivity contribution >= 4 is 38.4 Å². The third-order valence-corrected chi connectivity index (χ3v) is 7.57. The number of hydrogen-bond acceptors (Lipinski definition) is 4. The van der Waals surface area contributed by atoms with Gasteiger partial charge in [-0.15, -0.1) is 0 Å². The van der Waals surface area contributed by atoms with Crippen molar-refractivity contribution in [1.29, 1.82) is 0 Å². The Balaban J connectivity index is 2.04. The predicted octanol–water partition coefficient (Wildman–Crippen LogP) is 2.31. The van der Waals surface area contributed by atoms with Crippen LogP contribution in [0.15, 0.2) is 23.2 Å². The van der Waals surface area contributed by atoms with E-state index in [1.807, 2.05) is 36.9 Å². The van der Waals surface area contributed by atoms with Gasteiger partial charge in [-0.3, -0.25) is 4.79 Å². The number of hydrogen-bond donors (Lipinski definition) is 0. The van der Waals surface area contributed by atoms with Crippen LogP contribution in [0.2, 0.25) is 0 Å². The quantitative estimate of drug-likeness (QED) is 0.817. The molecule has 0 aliphatic carbocycles. The molecule has 2 unspecified atom stereocenters. The minimum absolute atomic E-state index is 0.0509. The van der Waals surface area contributed by atoms with Crippen molar-refractivity contribution in [3.8, 4) is 0 Å². The zero-order valence-electron chi connectivity index (χ0n) is 13.4. The van der Waals surface area contributed by atoms with Gasteiger partial charge in [-0.2, -0.15) is 4.99 Å². The first-order valence-electron chi connectivity index (χ1n) is 7.66. The van der Waals surface area contributed by atoms with Gasteiger partial charge in [-0.1, -0.05) is 24.8 Å². The van der Waals surface area contributed by atoms with Gasteiger partial charge in [-0.05, 0) is 37.1 Å². The molecule has 124 valence electrons. The van der Waals surface area contributed by atoms with Crippen LogP contribution in [-0.2, 0) is 14.6 Å². The van der Waals surface area contributed by atoms with Gasteiger partial charge in [0.15, 0.2) is 15.0 Å². The summed E-state index contributed by atoms with van der Waals surface area (Å²) in [5.41, 5.74) is 3.23. The molecule has 0 radical (unpaired) electrons. The van der Waals surface area contributed by atoms with E-state index in [0.29, 0.717) is 11.6 Å². The average molecular weight is 352 g/mol. The summed E-state index contributed by atoms with van der Waals surface area (Å²) < 4.78 is 24.0. The van der Waals surface area contributed by atoms with Gasteiger partial charge in [0, 0.05) is 17.4 Å². The van der Waals surface area contributed by atoms with Crippen molar-refractivity contribution in [1.82, 2.24) is 0 Å². The summed E-state index contributed by atoms with van der Waals surface area (Å²) in [6.45, 7) is 5.84. The Kier molecular flexibility index (Phi) is 4.27. The van der Waals surface area contributed by atoms with E-state index in [1.54, 1.807) is 6.92 Å².